The Morgan fingerprint density at radius 3 is 2.62 bits per heavy atom. The molecule has 0 bridgehead atoms. The van der Waals surface area contributed by atoms with Gasteiger partial charge in [0.25, 0.3) is 0 Å². The van der Waals surface area contributed by atoms with Crippen LogP contribution in [-0.2, 0) is 9.53 Å². The lowest BCUT2D eigenvalue weighted by molar-refractivity contribution is -0.137. The van der Waals surface area contributed by atoms with Crippen LogP contribution in [0, 0.1) is 0 Å². The van der Waals surface area contributed by atoms with Gasteiger partial charge in [-0.15, -0.1) is 0 Å². The van der Waals surface area contributed by atoms with Crippen LogP contribution in [0.4, 0.5) is 0 Å². The molecule has 0 radical (unpaired) electrons. The molecule has 1 aliphatic heterocycles. The number of carbonyl (C=O) groups is 1. The van der Waals surface area contributed by atoms with Gasteiger partial charge in [-0.2, -0.15) is 0 Å². The van der Waals surface area contributed by atoms with Gasteiger partial charge < -0.3 is 20.1 Å². The summed E-state index contributed by atoms with van der Waals surface area (Å²) >= 11 is 0. The first-order valence-corrected chi connectivity index (χ1v) is 5.76. The van der Waals surface area contributed by atoms with E-state index in [4.69, 9.17) is 4.74 Å². The van der Waals surface area contributed by atoms with Gasteiger partial charge in [0.05, 0.1) is 6.61 Å². The topological polar surface area (TPSA) is 87.0 Å². The molecule has 94 valence electrons. The van der Waals surface area contributed by atoms with Crippen LogP contribution in [0.15, 0.2) is 0 Å². The minimum absolute atomic E-state index is 0.0366. The summed E-state index contributed by atoms with van der Waals surface area (Å²) in [6.45, 7) is 1.99. The molecule has 0 amide bonds. The molecule has 0 aromatic rings. The summed E-state index contributed by atoms with van der Waals surface area (Å²) in [7, 11) is 0. The van der Waals surface area contributed by atoms with Crippen LogP contribution >= 0.6 is 0 Å². The zero-order valence-corrected chi connectivity index (χ0v) is 9.50. The highest BCUT2D eigenvalue weighted by molar-refractivity contribution is 5.83. The molecule has 16 heavy (non-hydrogen) atoms. The second kappa shape index (κ2) is 6.30. The first-order chi connectivity index (χ1) is 7.57. The zero-order valence-electron chi connectivity index (χ0n) is 9.50. The standard InChI is InChI=1S/C11H20O5/c1-2-3-4-5-7(12)9(14)11-10(15)8(13)6-16-11/h8-11,13-15H,2-6H2,1H3/t8-,9?,10-,11+/m0/s1. The number of unbranched alkanes of at least 4 members (excludes halogenated alkanes) is 2. The highest BCUT2D eigenvalue weighted by Crippen LogP contribution is 2.19. The fourth-order valence-electron chi connectivity index (χ4n) is 1.78. The summed E-state index contributed by atoms with van der Waals surface area (Å²) in [5.74, 6) is -0.327. The molecule has 0 spiro atoms. The van der Waals surface area contributed by atoms with Gasteiger partial charge in [0.15, 0.2) is 5.78 Å². The summed E-state index contributed by atoms with van der Waals surface area (Å²) in [6.07, 6.45) is -1.53. The van der Waals surface area contributed by atoms with Crippen LogP contribution < -0.4 is 0 Å². The summed E-state index contributed by atoms with van der Waals surface area (Å²) in [5.41, 5.74) is 0. The van der Waals surface area contributed by atoms with Crippen molar-refractivity contribution in [3.8, 4) is 0 Å². The Kier molecular flexibility index (Phi) is 5.34. The van der Waals surface area contributed by atoms with E-state index in [-0.39, 0.29) is 18.8 Å². The molecule has 1 rings (SSSR count). The lowest BCUT2D eigenvalue weighted by atomic mass is 9.99. The van der Waals surface area contributed by atoms with E-state index >= 15 is 0 Å². The quantitative estimate of drug-likeness (QED) is 0.543. The molecule has 5 nitrogen and oxygen atoms in total. The summed E-state index contributed by atoms with van der Waals surface area (Å²) in [6, 6.07) is 0. The maximum absolute atomic E-state index is 11.5. The van der Waals surface area contributed by atoms with Crippen molar-refractivity contribution >= 4 is 5.78 Å². The zero-order chi connectivity index (χ0) is 12.1. The van der Waals surface area contributed by atoms with Crippen LogP contribution in [0.1, 0.15) is 32.6 Å². The summed E-state index contributed by atoms with van der Waals surface area (Å²) < 4.78 is 5.00. The van der Waals surface area contributed by atoms with Gasteiger partial charge in [-0.05, 0) is 6.42 Å². The van der Waals surface area contributed by atoms with Gasteiger partial charge in [0.2, 0.25) is 0 Å². The number of Topliss-reactive ketones (excluding diaryl/α,β-unsaturated/α-hetero) is 1. The third-order valence-corrected chi connectivity index (χ3v) is 2.86. The van der Waals surface area contributed by atoms with Gasteiger partial charge in [0.1, 0.15) is 24.4 Å². The fraction of sp³-hybridized carbons (Fsp3) is 0.909. The average molecular weight is 232 g/mol. The third kappa shape index (κ3) is 3.25. The molecule has 0 aromatic heterocycles. The molecule has 1 aliphatic rings. The molecule has 1 fully saturated rings. The van der Waals surface area contributed by atoms with Crippen molar-refractivity contribution in [2.75, 3.05) is 6.61 Å². The van der Waals surface area contributed by atoms with E-state index in [1.165, 1.54) is 0 Å². The van der Waals surface area contributed by atoms with Crippen LogP contribution in [-0.4, -0.2) is 52.1 Å². The Morgan fingerprint density at radius 1 is 1.44 bits per heavy atom. The van der Waals surface area contributed by atoms with E-state index in [0.29, 0.717) is 0 Å². The first kappa shape index (κ1) is 13.6. The van der Waals surface area contributed by atoms with E-state index in [1.54, 1.807) is 0 Å². The summed E-state index contributed by atoms with van der Waals surface area (Å²) in [4.78, 5) is 11.5. The van der Waals surface area contributed by atoms with Crippen molar-refractivity contribution in [1.29, 1.82) is 0 Å². The number of ether oxygens (including phenoxy) is 1. The maximum Gasteiger partial charge on any atom is 0.164 e. The van der Waals surface area contributed by atoms with Crippen LogP contribution in [0.25, 0.3) is 0 Å². The van der Waals surface area contributed by atoms with E-state index < -0.39 is 24.4 Å². The number of rotatable bonds is 6. The molecule has 1 heterocycles. The second-order valence-electron chi connectivity index (χ2n) is 4.22. The number of aliphatic hydroxyl groups is 3. The number of hydrogen-bond donors (Lipinski definition) is 3. The average Bonchev–Trinajstić information content (AvgIpc) is 2.59. The smallest absolute Gasteiger partial charge is 0.164 e. The molecule has 4 atom stereocenters. The molecule has 0 saturated carbocycles. The Hall–Kier alpha value is -0.490. The molecule has 1 saturated heterocycles. The van der Waals surface area contributed by atoms with E-state index in [0.717, 1.165) is 19.3 Å². The lowest BCUT2D eigenvalue weighted by Crippen LogP contribution is -2.42. The van der Waals surface area contributed by atoms with E-state index in [1.807, 2.05) is 6.92 Å². The number of carbonyl (C=O) groups excluding carboxylic acids is 1. The van der Waals surface area contributed by atoms with Crippen LogP contribution in [0.5, 0.6) is 0 Å². The molecule has 3 N–H and O–H groups in total. The van der Waals surface area contributed by atoms with Crippen LogP contribution in [0.3, 0.4) is 0 Å². The highest BCUT2D eigenvalue weighted by atomic mass is 16.5. The SMILES string of the molecule is CCCCCC(=O)C(O)[C@H]1OC[C@H](O)[C@@H]1O. The number of ketones is 1. The van der Waals surface area contributed by atoms with Crippen molar-refractivity contribution in [3.05, 3.63) is 0 Å². The van der Waals surface area contributed by atoms with E-state index in [2.05, 4.69) is 0 Å². The second-order valence-corrected chi connectivity index (χ2v) is 4.22. The Balaban J connectivity index is 2.38. The van der Waals surface area contributed by atoms with Crippen molar-refractivity contribution in [2.45, 2.75) is 57.0 Å². The predicted octanol–water partition coefficient (Wildman–Crippen LogP) is -0.383. The van der Waals surface area contributed by atoms with Crippen LogP contribution in [0.2, 0.25) is 0 Å². The van der Waals surface area contributed by atoms with Gasteiger partial charge in [-0.25, -0.2) is 0 Å². The van der Waals surface area contributed by atoms with Gasteiger partial charge in [0, 0.05) is 6.42 Å². The summed E-state index contributed by atoms with van der Waals surface area (Å²) in [5, 5.41) is 28.3. The number of aliphatic hydroxyl groups excluding tert-OH is 3. The predicted molar refractivity (Wildman–Crippen MR) is 56.9 cm³/mol. The molecule has 0 aromatic carbocycles. The lowest BCUT2D eigenvalue weighted by Gasteiger charge is -2.19. The van der Waals surface area contributed by atoms with Crippen molar-refractivity contribution in [1.82, 2.24) is 0 Å². The molecule has 1 unspecified atom stereocenters. The molecule has 5 heteroatoms. The molecular weight excluding hydrogens is 212 g/mol. The monoisotopic (exact) mass is 232 g/mol. The minimum atomic E-state index is -1.33. The third-order valence-electron chi connectivity index (χ3n) is 2.86. The van der Waals surface area contributed by atoms with Crippen molar-refractivity contribution < 1.29 is 24.9 Å². The van der Waals surface area contributed by atoms with Gasteiger partial charge in [-0.3, -0.25) is 4.79 Å². The van der Waals surface area contributed by atoms with E-state index in [9.17, 15) is 20.1 Å². The minimum Gasteiger partial charge on any atom is -0.388 e. The highest BCUT2D eigenvalue weighted by Gasteiger charge is 2.41. The molecule has 0 aliphatic carbocycles. The number of hydrogen-bond acceptors (Lipinski definition) is 5. The van der Waals surface area contributed by atoms with Crippen molar-refractivity contribution in [2.24, 2.45) is 0 Å². The molecular formula is C11H20O5. The first-order valence-electron chi connectivity index (χ1n) is 5.76. The van der Waals surface area contributed by atoms with Crippen molar-refractivity contribution in [3.63, 3.8) is 0 Å². The fourth-order valence-corrected chi connectivity index (χ4v) is 1.78. The Morgan fingerprint density at radius 2 is 2.12 bits per heavy atom. The Labute approximate surface area is 95.0 Å². The van der Waals surface area contributed by atoms with Gasteiger partial charge in [-0.1, -0.05) is 19.8 Å². The van der Waals surface area contributed by atoms with Gasteiger partial charge >= 0.3 is 0 Å². The largest absolute Gasteiger partial charge is 0.388 e. The Bertz CT molecular complexity index is 230. The maximum atomic E-state index is 11.5. The normalized spacial score (nSPS) is 31.6.